The van der Waals surface area contributed by atoms with Crippen molar-refractivity contribution >= 4 is 32.4 Å². The zero-order valence-corrected chi connectivity index (χ0v) is 12.6. The van der Waals surface area contributed by atoms with Crippen molar-refractivity contribution in [1.82, 2.24) is 9.97 Å². The average Bonchev–Trinajstić information content (AvgIpc) is 2.46. The first-order chi connectivity index (χ1) is 10.4. The summed E-state index contributed by atoms with van der Waals surface area (Å²) in [6, 6.07) is 14.3. The maximum atomic E-state index is 11.3. The number of nitrogens with zero attached hydrogens (tertiary/aromatic N) is 2. The van der Waals surface area contributed by atoms with Crippen molar-refractivity contribution in [2.75, 3.05) is 16.7 Å². The van der Waals surface area contributed by atoms with Crippen molar-refractivity contribution in [3.05, 3.63) is 48.5 Å². The predicted molar refractivity (Wildman–Crippen MR) is 87.9 cm³/mol. The van der Waals surface area contributed by atoms with Crippen LogP contribution in [0.15, 0.2) is 48.5 Å². The zero-order chi connectivity index (χ0) is 15.7. The number of nitrogen functional groups attached to an aromatic ring is 1. The molecule has 2 aromatic carbocycles. The van der Waals surface area contributed by atoms with Gasteiger partial charge in [0.2, 0.25) is 10.0 Å². The van der Waals surface area contributed by atoms with Gasteiger partial charge in [-0.2, -0.15) is 0 Å². The van der Waals surface area contributed by atoms with Gasteiger partial charge in [0, 0.05) is 16.6 Å². The minimum atomic E-state index is -3.33. The lowest BCUT2D eigenvalue weighted by Gasteiger charge is -2.08. The Morgan fingerprint density at radius 2 is 1.82 bits per heavy atom. The smallest absolute Gasteiger partial charge is 0.229 e. The molecule has 0 unspecified atom stereocenters. The molecule has 3 N–H and O–H groups in total. The molecule has 1 aromatic heterocycles. The number of rotatable bonds is 3. The van der Waals surface area contributed by atoms with Crippen molar-refractivity contribution in [3.8, 4) is 11.4 Å². The van der Waals surface area contributed by atoms with Crippen LogP contribution in [0.4, 0.5) is 11.5 Å². The summed E-state index contributed by atoms with van der Waals surface area (Å²) >= 11 is 0. The molecule has 22 heavy (non-hydrogen) atoms. The first-order valence-corrected chi connectivity index (χ1v) is 8.42. The summed E-state index contributed by atoms with van der Waals surface area (Å²) in [6.45, 7) is 0. The lowest BCUT2D eigenvalue weighted by molar-refractivity contribution is 0.607. The molecular formula is C15H14N4O2S. The van der Waals surface area contributed by atoms with Gasteiger partial charge in [-0.15, -0.1) is 0 Å². The van der Waals surface area contributed by atoms with E-state index in [1.165, 1.54) is 0 Å². The molecule has 0 saturated heterocycles. The number of benzene rings is 2. The van der Waals surface area contributed by atoms with Crippen molar-refractivity contribution < 1.29 is 8.42 Å². The monoisotopic (exact) mass is 314 g/mol. The minimum Gasteiger partial charge on any atom is -0.383 e. The topological polar surface area (TPSA) is 98.0 Å². The van der Waals surface area contributed by atoms with E-state index < -0.39 is 10.0 Å². The second-order valence-corrected chi connectivity index (χ2v) is 6.65. The van der Waals surface area contributed by atoms with E-state index in [0.29, 0.717) is 22.9 Å². The number of anilines is 2. The number of hydrogen-bond donors (Lipinski definition) is 2. The summed E-state index contributed by atoms with van der Waals surface area (Å²) in [5.74, 6) is 0.843. The third-order valence-corrected chi connectivity index (χ3v) is 3.66. The van der Waals surface area contributed by atoms with Crippen LogP contribution in [0.5, 0.6) is 0 Å². The van der Waals surface area contributed by atoms with Gasteiger partial charge < -0.3 is 5.73 Å². The molecule has 6 nitrogen and oxygen atoms in total. The number of nitrogens with one attached hydrogen (secondary N) is 1. The second kappa shape index (κ2) is 5.27. The lowest BCUT2D eigenvalue weighted by Crippen LogP contribution is -2.09. The van der Waals surface area contributed by atoms with Crippen LogP contribution in [0.1, 0.15) is 0 Å². The quantitative estimate of drug-likeness (QED) is 0.772. The highest BCUT2D eigenvalue weighted by Gasteiger charge is 2.09. The normalized spacial score (nSPS) is 11.5. The minimum absolute atomic E-state index is 0.391. The van der Waals surface area contributed by atoms with E-state index in [1.54, 1.807) is 24.3 Å². The van der Waals surface area contributed by atoms with Crippen LogP contribution in [0.25, 0.3) is 22.3 Å². The van der Waals surface area contributed by atoms with Gasteiger partial charge in [-0.1, -0.05) is 24.3 Å². The van der Waals surface area contributed by atoms with Crippen LogP contribution in [-0.2, 0) is 10.0 Å². The van der Waals surface area contributed by atoms with Crippen molar-refractivity contribution in [3.63, 3.8) is 0 Å². The fourth-order valence-corrected chi connectivity index (χ4v) is 2.72. The lowest BCUT2D eigenvalue weighted by atomic mass is 10.1. The Kier molecular flexibility index (Phi) is 3.42. The summed E-state index contributed by atoms with van der Waals surface area (Å²) in [5, 5.41) is 0.789. The molecule has 0 radical (unpaired) electrons. The first-order valence-electron chi connectivity index (χ1n) is 6.53. The molecule has 0 fully saturated rings. The Morgan fingerprint density at radius 1 is 1.05 bits per heavy atom. The molecule has 0 spiro atoms. The number of hydrogen-bond acceptors (Lipinski definition) is 5. The molecule has 0 aliphatic rings. The van der Waals surface area contributed by atoms with E-state index in [1.807, 2.05) is 24.3 Å². The third-order valence-electron chi connectivity index (χ3n) is 3.06. The van der Waals surface area contributed by atoms with Crippen LogP contribution >= 0.6 is 0 Å². The van der Waals surface area contributed by atoms with Gasteiger partial charge in [-0.3, -0.25) is 4.72 Å². The van der Waals surface area contributed by atoms with E-state index in [0.717, 1.165) is 17.2 Å². The number of aromatic nitrogens is 2. The maximum absolute atomic E-state index is 11.3. The Hall–Kier alpha value is -2.67. The molecule has 7 heteroatoms. The van der Waals surface area contributed by atoms with Gasteiger partial charge in [0.25, 0.3) is 0 Å². The SMILES string of the molecule is CS(=O)(=O)Nc1cccc(-c2nc(N)c3ccccc3n2)c1. The van der Waals surface area contributed by atoms with Gasteiger partial charge in [0.05, 0.1) is 11.8 Å². The number of fused-ring (bicyclic) bond motifs is 1. The zero-order valence-electron chi connectivity index (χ0n) is 11.8. The molecule has 0 aliphatic carbocycles. The fraction of sp³-hybridized carbons (Fsp3) is 0.0667. The first kappa shape index (κ1) is 14.3. The molecule has 112 valence electrons. The Bertz CT molecular complexity index is 955. The van der Waals surface area contributed by atoms with Crippen LogP contribution in [-0.4, -0.2) is 24.6 Å². The molecule has 3 aromatic rings. The molecule has 3 rings (SSSR count). The van der Waals surface area contributed by atoms with E-state index in [-0.39, 0.29) is 0 Å². The van der Waals surface area contributed by atoms with Gasteiger partial charge in [-0.25, -0.2) is 18.4 Å². The number of sulfonamides is 1. The molecule has 0 aliphatic heterocycles. The van der Waals surface area contributed by atoms with Crippen molar-refractivity contribution in [1.29, 1.82) is 0 Å². The van der Waals surface area contributed by atoms with Crippen LogP contribution in [0.2, 0.25) is 0 Å². The predicted octanol–water partition coefficient (Wildman–Crippen LogP) is 2.25. The highest BCUT2D eigenvalue weighted by Crippen LogP contribution is 2.24. The highest BCUT2D eigenvalue weighted by atomic mass is 32.2. The van der Waals surface area contributed by atoms with Crippen molar-refractivity contribution in [2.45, 2.75) is 0 Å². The Labute approximate surface area is 128 Å². The molecular weight excluding hydrogens is 300 g/mol. The molecule has 0 atom stereocenters. The largest absolute Gasteiger partial charge is 0.383 e. The number of para-hydroxylation sites is 1. The molecule has 1 heterocycles. The Morgan fingerprint density at radius 3 is 2.59 bits per heavy atom. The summed E-state index contributed by atoms with van der Waals surface area (Å²) < 4.78 is 25.1. The van der Waals surface area contributed by atoms with Gasteiger partial charge >= 0.3 is 0 Å². The van der Waals surface area contributed by atoms with E-state index >= 15 is 0 Å². The standard InChI is InChI=1S/C15H14N4O2S/c1-22(20,21)19-11-6-4-5-10(9-11)15-17-13-8-3-2-7-12(13)14(16)18-15/h2-9,19H,1H3,(H2,16,17,18). The second-order valence-electron chi connectivity index (χ2n) is 4.90. The maximum Gasteiger partial charge on any atom is 0.229 e. The summed E-state index contributed by atoms with van der Waals surface area (Å²) in [6.07, 6.45) is 1.10. The summed E-state index contributed by atoms with van der Waals surface area (Å²) in [7, 11) is -3.33. The number of nitrogens with two attached hydrogens (primary N) is 1. The summed E-state index contributed by atoms with van der Waals surface area (Å²) in [4.78, 5) is 8.77. The third kappa shape index (κ3) is 2.99. The van der Waals surface area contributed by atoms with Crippen LogP contribution in [0.3, 0.4) is 0 Å². The van der Waals surface area contributed by atoms with Crippen LogP contribution < -0.4 is 10.5 Å². The Balaban J connectivity index is 2.09. The summed E-state index contributed by atoms with van der Waals surface area (Å²) in [5.41, 5.74) is 7.85. The van der Waals surface area contributed by atoms with Crippen molar-refractivity contribution in [2.24, 2.45) is 0 Å². The van der Waals surface area contributed by atoms with Gasteiger partial charge in [0.15, 0.2) is 5.82 Å². The van der Waals surface area contributed by atoms with E-state index in [4.69, 9.17) is 5.73 Å². The van der Waals surface area contributed by atoms with Crippen LogP contribution in [0, 0.1) is 0 Å². The van der Waals surface area contributed by atoms with E-state index in [9.17, 15) is 8.42 Å². The molecule has 0 amide bonds. The average molecular weight is 314 g/mol. The highest BCUT2D eigenvalue weighted by molar-refractivity contribution is 7.92. The van der Waals surface area contributed by atoms with E-state index in [2.05, 4.69) is 14.7 Å². The molecule has 0 bridgehead atoms. The van der Waals surface area contributed by atoms with Gasteiger partial charge in [-0.05, 0) is 24.3 Å². The molecule has 0 saturated carbocycles. The van der Waals surface area contributed by atoms with Gasteiger partial charge in [0.1, 0.15) is 5.82 Å². The fourth-order valence-electron chi connectivity index (χ4n) is 2.17.